The highest BCUT2D eigenvalue weighted by molar-refractivity contribution is 6.31. The first-order valence-corrected chi connectivity index (χ1v) is 9.50. The molecule has 134 valence electrons. The Morgan fingerprint density at radius 3 is 2.64 bits per heavy atom. The van der Waals surface area contributed by atoms with Crippen molar-refractivity contribution in [2.45, 2.75) is 62.8 Å². The van der Waals surface area contributed by atoms with Crippen LogP contribution in [0.3, 0.4) is 0 Å². The first-order chi connectivity index (χ1) is 12.1. The molecular formula is C19H23ClN2O3. The average Bonchev–Trinajstić information content (AvgIpc) is 3.35. The predicted molar refractivity (Wildman–Crippen MR) is 94.3 cm³/mol. The van der Waals surface area contributed by atoms with E-state index in [9.17, 15) is 9.59 Å². The molecule has 1 heterocycles. The lowest BCUT2D eigenvalue weighted by atomic mass is 9.89. The summed E-state index contributed by atoms with van der Waals surface area (Å²) in [6.45, 7) is 0.269. The van der Waals surface area contributed by atoms with Gasteiger partial charge in [0.25, 0.3) is 5.91 Å². The van der Waals surface area contributed by atoms with Crippen molar-refractivity contribution in [3.8, 4) is 0 Å². The van der Waals surface area contributed by atoms with Crippen molar-refractivity contribution >= 4 is 23.4 Å². The molecule has 1 spiro atoms. The zero-order valence-corrected chi connectivity index (χ0v) is 14.9. The summed E-state index contributed by atoms with van der Waals surface area (Å²) in [6.07, 6.45) is 6.77. The molecule has 0 radical (unpaired) electrons. The molecule has 0 aromatic heterocycles. The first-order valence-electron chi connectivity index (χ1n) is 9.13. The molecule has 25 heavy (non-hydrogen) atoms. The van der Waals surface area contributed by atoms with Crippen LogP contribution in [0.1, 0.15) is 55.3 Å². The van der Waals surface area contributed by atoms with E-state index in [1.54, 1.807) is 29.2 Å². The molecule has 5 nitrogen and oxygen atoms in total. The fraction of sp³-hybridized carbons (Fsp3) is 0.579. The summed E-state index contributed by atoms with van der Waals surface area (Å²) in [5.41, 5.74) is -0.143. The molecule has 2 amide bonds. The van der Waals surface area contributed by atoms with Crippen molar-refractivity contribution in [3.05, 3.63) is 34.9 Å². The van der Waals surface area contributed by atoms with Crippen LogP contribution in [0.15, 0.2) is 24.3 Å². The maximum Gasteiger partial charge on any atom is 0.256 e. The summed E-state index contributed by atoms with van der Waals surface area (Å²) in [7, 11) is 0. The van der Waals surface area contributed by atoms with Gasteiger partial charge in [0, 0.05) is 16.6 Å². The van der Waals surface area contributed by atoms with Gasteiger partial charge in [0.05, 0.1) is 6.61 Å². The molecule has 1 aromatic rings. The standard InChI is InChI=1S/C19H23ClN2O3/c20-14-6-4-5-13(11-14)18(24)22-16(17(23)21-15-7-8-15)12-25-19(22)9-2-1-3-10-19/h4-6,11,15-16H,1-3,7-10,12H2,(H,21,23). The van der Waals surface area contributed by atoms with Crippen LogP contribution in [-0.2, 0) is 9.53 Å². The van der Waals surface area contributed by atoms with Gasteiger partial charge >= 0.3 is 0 Å². The minimum atomic E-state index is -0.650. The lowest BCUT2D eigenvalue weighted by molar-refractivity contribution is -0.127. The number of amides is 2. The highest BCUT2D eigenvalue weighted by Gasteiger charge is 2.53. The highest BCUT2D eigenvalue weighted by Crippen LogP contribution is 2.41. The Morgan fingerprint density at radius 1 is 1.20 bits per heavy atom. The summed E-state index contributed by atoms with van der Waals surface area (Å²) in [4.78, 5) is 27.7. The number of benzene rings is 1. The van der Waals surface area contributed by atoms with Gasteiger partial charge in [0.15, 0.2) is 0 Å². The number of halogens is 1. The van der Waals surface area contributed by atoms with Gasteiger partial charge in [-0.25, -0.2) is 0 Å². The van der Waals surface area contributed by atoms with E-state index in [4.69, 9.17) is 16.3 Å². The molecule has 6 heteroatoms. The Hall–Kier alpha value is -1.59. The number of nitrogens with one attached hydrogen (secondary N) is 1. The maximum atomic E-state index is 13.3. The average molecular weight is 363 g/mol. The largest absolute Gasteiger partial charge is 0.353 e. The van der Waals surface area contributed by atoms with Gasteiger partial charge in [0.1, 0.15) is 11.8 Å². The minimum absolute atomic E-state index is 0.0969. The third-order valence-electron chi connectivity index (χ3n) is 5.41. The van der Waals surface area contributed by atoms with Gasteiger partial charge in [0.2, 0.25) is 5.91 Å². The summed E-state index contributed by atoms with van der Waals surface area (Å²) < 4.78 is 6.11. The molecule has 3 aliphatic rings. The topological polar surface area (TPSA) is 58.6 Å². The normalized spacial score (nSPS) is 25.2. The lowest BCUT2D eigenvalue weighted by Gasteiger charge is -2.41. The number of nitrogens with zero attached hydrogens (tertiary/aromatic N) is 1. The van der Waals surface area contributed by atoms with E-state index in [2.05, 4.69) is 5.32 Å². The van der Waals surface area contributed by atoms with Crippen molar-refractivity contribution in [2.75, 3.05) is 6.61 Å². The summed E-state index contributed by atoms with van der Waals surface area (Å²) in [5, 5.41) is 3.54. The molecule has 3 fully saturated rings. The molecule has 2 aliphatic carbocycles. The highest BCUT2D eigenvalue weighted by atomic mass is 35.5. The molecule has 2 saturated carbocycles. The SMILES string of the molecule is O=C(NC1CC1)C1COC2(CCCCC2)N1C(=O)c1cccc(Cl)c1. The van der Waals surface area contributed by atoms with Crippen molar-refractivity contribution in [3.63, 3.8) is 0 Å². The van der Waals surface area contributed by atoms with E-state index < -0.39 is 11.8 Å². The Labute approximate surface area is 152 Å². The minimum Gasteiger partial charge on any atom is -0.353 e. The Morgan fingerprint density at radius 2 is 1.96 bits per heavy atom. The molecular weight excluding hydrogens is 340 g/mol. The first kappa shape index (κ1) is 16.9. The van der Waals surface area contributed by atoms with Gasteiger partial charge in [-0.2, -0.15) is 0 Å². The van der Waals surface area contributed by atoms with Crippen LogP contribution in [-0.4, -0.2) is 41.1 Å². The van der Waals surface area contributed by atoms with E-state index in [1.807, 2.05) is 0 Å². The molecule has 4 rings (SSSR count). The zero-order valence-electron chi connectivity index (χ0n) is 14.2. The second kappa shape index (κ2) is 6.61. The summed E-state index contributed by atoms with van der Waals surface area (Å²) >= 11 is 6.07. The molecule has 1 aliphatic heterocycles. The van der Waals surface area contributed by atoms with Gasteiger partial charge in [-0.3, -0.25) is 14.5 Å². The molecule has 1 atom stereocenters. The number of carbonyl (C=O) groups is 2. The molecule has 1 unspecified atom stereocenters. The summed E-state index contributed by atoms with van der Waals surface area (Å²) in [6, 6.07) is 6.61. The third kappa shape index (κ3) is 3.27. The van der Waals surface area contributed by atoms with Gasteiger partial charge in [-0.05, 0) is 56.7 Å². The van der Waals surface area contributed by atoms with Crippen LogP contribution in [0.5, 0.6) is 0 Å². The van der Waals surface area contributed by atoms with Crippen molar-refractivity contribution < 1.29 is 14.3 Å². The molecule has 1 aromatic carbocycles. The lowest BCUT2D eigenvalue weighted by Crippen LogP contribution is -2.56. The molecule has 0 bridgehead atoms. The summed E-state index contributed by atoms with van der Waals surface area (Å²) in [5.74, 6) is -0.266. The van der Waals surface area contributed by atoms with E-state index in [0.717, 1.165) is 44.9 Å². The number of hydrogen-bond acceptors (Lipinski definition) is 3. The molecule has 1 N–H and O–H groups in total. The van der Waals surface area contributed by atoms with Crippen LogP contribution in [0.25, 0.3) is 0 Å². The second-order valence-corrected chi connectivity index (χ2v) is 7.74. The number of rotatable bonds is 3. The number of ether oxygens (including phenoxy) is 1. The number of hydrogen-bond donors (Lipinski definition) is 1. The van der Waals surface area contributed by atoms with Crippen molar-refractivity contribution in [2.24, 2.45) is 0 Å². The molecule has 1 saturated heterocycles. The van der Waals surface area contributed by atoms with E-state index in [1.165, 1.54) is 0 Å². The van der Waals surface area contributed by atoms with Crippen molar-refractivity contribution in [1.29, 1.82) is 0 Å². The van der Waals surface area contributed by atoms with Gasteiger partial charge in [-0.15, -0.1) is 0 Å². The van der Waals surface area contributed by atoms with Gasteiger partial charge in [-0.1, -0.05) is 24.1 Å². The monoisotopic (exact) mass is 362 g/mol. The third-order valence-corrected chi connectivity index (χ3v) is 5.65. The smallest absolute Gasteiger partial charge is 0.256 e. The van der Waals surface area contributed by atoms with Crippen LogP contribution in [0, 0.1) is 0 Å². The quantitative estimate of drug-likeness (QED) is 0.898. The van der Waals surface area contributed by atoms with Crippen molar-refractivity contribution in [1.82, 2.24) is 10.2 Å². The second-order valence-electron chi connectivity index (χ2n) is 7.30. The fourth-order valence-corrected chi connectivity index (χ4v) is 4.15. The Balaban J connectivity index is 1.65. The van der Waals surface area contributed by atoms with E-state index in [0.29, 0.717) is 10.6 Å². The van der Waals surface area contributed by atoms with Crippen LogP contribution >= 0.6 is 11.6 Å². The van der Waals surface area contributed by atoms with Crippen LogP contribution in [0.4, 0.5) is 0 Å². The predicted octanol–water partition coefficient (Wildman–Crippen LogP) is 3.12. The number of carbonyl (C=O) groups excluding carboxylic acids is 2. The van der Waals surface area contributed by atoms with Gasteiger partial charge < -0.3 is 10.1 Å². The van der Waals surface area contributed by atoms with E-state index in [-0.39, 0.29) is 24.5 Å². The van der Waals surface area contributed by atoms with E-state index >= 15 is 0 Å². The fourth-order valence-electron chi connectivity index (χ4n) is 3.96. The maximum absolute atomic E-state index is 13.3. The zero-order chi connectivity index (χ0) is 17.4. The van der Waals surface area contributed by atoms with Crippen LogP contribution in [0.2, 0.25) is 5.02 Å². The van der Waals surface area contributed by atoms with Crippen LogP contribution < -0.4 is 5.32 Å². The Kier molecular flexibility index (Phi) is 4.46. The Bertz CT molecular complexity index is 683.